The lowest BCUT2D eigenvalue weighted by molar-refractivity contribution is -0.0403. The number of ether oxygens (including phenoxy) is 2. The minimum atomic E-state index is 0.0747. The zero-order valence-corrected chi connectivity index (χ0v) is 12.5. The molecular weight excluding hydrogens is 320 g/mol. The maximum atomic E-state index is 5.89. The number of rotatable bonds is 3. The average molecular weight is 336 g/mol. The quantitative estimate of drug-likeness (QED) is 0.862. The molecule has 2 N–H and O–H groups in total. The first-order valence-electron chi connectivity index (χ1n) is 5.73. The molecule has 0 aliphatic carbocycles. The first kappa shape index (κ1) is 13.9. The van der Waals surface area contributed by atoms with Gasteiger partial charge in [-0.25, -0.2) is 0 Å². The van der Waals surface area contributed by atoms with E-state index in [0.29, 0.717) is 23.1 Å². The Hall–Kier alpha value is -0.490. The van der Waals surface area contributed by atoms with Gasteiger partial charge in [0, 0.05) is 18.1 Å². The Morgan fingerprint density at radius 3 is 3.06 bits per heavy atom. The van der Waals surface area contributed by atoms with E-state index in [0.717, 1.165) is 24.2 Å². The van der Waals surface area contributed by atoms with Crippen LogP contribution in [0.15, 0.2) is 16.6 Å². The maximum Gasteiger partial charge on any atom is 0.156 e. The molecule has 6 heteroatoms. The van der Waals surface area contributed by atoms with E-state index < -0.39 is 0 Å². The summed E-state index contributed by atoms with van der Waals surface area (Å²) in [4.78, 5) is 2.22. The molecule has 18 heavy (non-hydrogen) atoms. The highest BCUT2D eigenvalue weighted by Crippen LogP contribution is 2.34. The zero-order chi connectivity index (χ0) is 13.1. The molecule has 1 unspecified atom stereocenters. The van der Waals surface area contributed by atoms with Gasteiger partial charge in [0.15, 0.2) is 5.75 Å². The van der Waals surface area contributed by atoms with Crippen LogP contribution in [0.1, 0.15) is 0 Å². The third kappa shape index (κ3) is 3.51. The summed E-state index contributed by atoms with van der Waals surface area (Å²) in [6.45, 7) is 3.05. The van der Waals surface area contributed by atoms with Gasteiger partial charge >= 0.3 is 0 Å². The van der Waals surface area contributed by atoms with Gasteiger partial charge in [-0.2, -0.15) is 0 Å². The van der Waals surface area contributed by atoms with E-state index in [-0.39, 0.29) is 6.10 Å². The van der Waals surface area contributed by atoms with Gasteiger partial charge < -0.3 is 20.1 Å². The smallest absolute Gasteiger partial charge is 0.156 e. The summed E-state index contributed by atoms with van der Waals surface area (Å²) in [7, 11) is 2.07. The summed E-state index contributed by atoms with van der Waals surface area (Å²) < 4.78 is 12.1. The molecule has 0 radical (unpaired) electrons. The van der Waals surface area contributed by atoms with Gasteiger partial charge in [-0.1, -0.05) is 11.6 Å². The number of morpholine rings is 1. The van der Waals surface area contributed by atoms with Crippen molar-refractivity contribution in [2.24, 2.45) is 0 Å². The van der Waals surface area contributed by atoms with Gasteiger partial charge in [-0.15, -0.1) is 0 Å². The van der Waals surface area contributed by atoms with Crippen LogP contribution >= 0.6 is 27.5 Å². The Bertz CT molecular complexity index is 408. The molecule has 0 amide bonds. The van der Waals surface area contributed by atoms with Crippen molar-refractivity contribution in [3.8, 4) is 5.75 Å². The summed E-state index contributed by atoms with van der Waals surface area (Å²) in [5.74, 6) is 0.622. The monoisotopic (exact) mass is 334 g/mol. The van der Waals surface area contributed by atoms with E-state index in [1.165, 1.54) is 0 Å². The number of anilines is 1. The predicted molar refractivity (Wildman–Crippen MR) is 76.3 cm³/mol. The Labute approximate surface area is 120 Å². The van der Waals surface area contributed by atoms with Crippen molar-refractivity contribution >= 4 is 33.2 Å². The van der Waals surface area contributed by atoms with Crippen molar-refractivity contribution in [3.05, 3.63) is 21.6 Å². The molecular formula is C12H16BrClN2O2. The molecule has 1 atom stereocenters. The van der Waals surface area contributed by atoms with Crippen LogP contribution in [0, 0.1) is 0 Å². The highest BCUT2D eigenvalue weighted by atomic mass is 79.9. The Kier molecular flexibility index (Phi) is 4.72. The van der Waals surface area contributed by atoms with Crippen molar-refractivity contribution in [2.75, 3.05) is 39.1 Å². The fraction of sp³-hybridized carbons (Fsp3) is 0.500. The minimum absolute atomic E-state index is 0.0747. The standard InChI is InChI=1S/C12H16BrClN2O2/c1-16-2-3-17-9(6-16)7-18-12-10(13)4-8(14)5-11(12)15/h4-5,9H,2-3,6-7,15H2,1H3. The summed E-state index contributed by atoms with van der Waals surface area (Å²) >= 11 is 9.29. The molecule has 1 aliphatic rings. The van der Waals surface area contributed by atoms with Crippen molar-refractivity contribution in [1.82, 2.24) is 4.90 Å². The third-order valence-corrected chi connectivity index (χ3v) is 3.60. The fourth-order valence-corrected chi connectivity index (χ4v) is 2.82. The molecule has 0 saturated carbocycles. The second-order valence-electron chi connectivity index (χ2n) is 4.37. The highest BCUT2D eigenvalue weighted by molar-refractivity contribution is 9.10. The maximum absolute atomic E-state index is 5.89. The van der Waals surface area contributed by atoms with Crippen LogP contribution < -0.4 is 10.5 Å². The van der Waals surface area contributed by atoms with E-state index in [1.807, 2.05) is 0 Å². The summed E-state index contributed by atoms with van der Waals surface area (Å²) in [5.41, 5.74) is 6.40. The van der Waals surface area contributed by atoms with Crippen molar-refractivity contribution in [3.63, 3.8) is 0 Å². The Balaban J connectivity index is 1.97. The van der Waals surface area contributed by atoms with Gasteiger partial charge in [0.05, 0.1) is 16.8 Å². The number of likely N-dealkylation sites (N-methyl/N-ethyl adjacent to an activating group) is 1. The molecule has 1 heterocycles. The van der Waals surface area contributed by atoms with E-state index in [2.05, 4.69) is 27.9 Å². The second kappa shape index (κ2) is 6.10. The molecule has 4 nitrogen and oxygen atoms in total. The van der Waals surface area contributed by atoms with Gasteiger partial charge in [-0.3, -0.25) is 0 Å². The highest BCUT2D eigenvalue weighted by Gasteiger charge is 2.19. The van der Waals surface area contributed by atoms with Crippen molar-refractivity contribution in [2.45, 2.75) is 6.10 Å². The van der Waals surface area contributed by atoms with Crippen LogP contribution in [0.3, 0.4) is 0 Å². The van der Waals surface area contributed by atoms with Crippen LogP contribution in [0.25, 0.3) is 0 Å². The summed E-state index contributed by atoms with van der Waals surface area (Å²) in [5, 5.41) is 0.584. The first-order chi connectivity index (χ1) is 8.56. The molecule has 0 spiro atoms. The normalized spacial score (nSPS) is 20.9. The summed E-state index contributed by atoms with van der Waals surface area (Å²) in [6, 6.07) is 3.44. The number of benzene rings is 1. The molecule has 1 aromatic rings. The number of hydrogen-bond acceptors (Lipinski definition) is 4. The van der Waals surface area contributed by atoms with Crippen LogP contribution in [0.2, 0.25) is 5.02 Å². The minimum Gasteiger partial charge on any atom is -0.487 e. The molecule has 0 aromatic heterocycles. The zero-order valence-electron chi connectivity index (χ0n) is 10.2. The van der Waals surface area contributed by atoms with E-state index >= 15 is 0 Å². The number of nitrogens with two attached hydrogens (primary N) is 1. The molecule has 100 valence electrons. The number of hydrogen-bond donors (Lipinski definition) is 1. The third-order valence-electron chi connectivity index (χ3n) is 2.79. The molecule has 1 saturated heterocycles. The second-order valence-corrected chi connectivity index (χ2v) is 5.66. The van der Waals surface area contributed by atoms with Crippen LogP contribution in [0.5, 0.6) is 5.75 Å². The van der Waals surface area contributed by atoms with Crippen LogP contribution in [0.4, 0.5) is 5.69 Å². The van der Waals surface area contributed by atoms with Crippen molar-refractivity contribution < 1.29 is 9.47 Å². The van der Waals surface area contributed by atoms with Gasteiger partial charge in [-0.05, 0) is 35.1 Å². The molecule has 2 rings (SSSR count). The Morgan fingerprint density at radius 1 is 1.61 bits per heavy atom. The molecule has 0 bridgehead atoms. The average Bonchev–Trinajstić information content (AvgIpc) is 2.27. The molecule has 1 fully saturated rings. The Morgan fingerprint density at radius 2 is 2.39 bits per heavy atom. The number of nitrogen functional groups attached to an aromatic ring is 1. The van der Waals surface area contributed by atoms with Gasteiger partial charge in [0.2, 0.25) is 0 Å². The fourth-order valence-electron chi connectivity index (χ4n) is 1.88. The van der Waals surface area contributed by atoms with E-state index in [1.54, 1.807) is 12.1 Å². The van der Waals surface area contributed by atoms with E-state index in [9.17, 15) is 0 Å². The number of halogens is 2. The lowest BCUT2D eigenvalue weighted by Crippen LogP contribution is -2.42. The van der Waals surface area contributed by atoms with Gasteiger partial charge in [0.1, 0.15) is 12.7 Å². The number of nitrogens with zero attached hydrogens (tertiary/aromatic N) is 1. The first-order valence-corrected chi connectivity index (χ1v) is 6.91. The van der Waals surface area contributed by atoms with E-state index in [4.69, 9.17) is 26.8 Å². The van der Waals surface area contributed by atoms with Gasteiger partial charge in [0.25, 0.3) is 0 Å². The summed E-state index contributed by atoms with van der Waals surface area (Å²) in [6.07, 6.45) is 0.0747. The lowest BCUT2D eigenvalue weighted by atomic mass is 10.3. The van der Waals surface area contributed by atoms with Crippen molar-refractivity contribution in [1.29, 1.82) is 0 Å². The van der Waals surface area contributed by atoms with Crippen LogP contribution in [-0.4, -0.2) is 44.4 Å². The topological polar surface area (TPSA) is 47.7 Å². The largest absolute Gasteiger partial charge is 0.487 e. The SMILES string of the molecule is CN1CCOC(COc2c(N)cc(Cl)cc2Br)C1. The lowest BCUT2D eigenvalue weighted by Gasteiger charge is -2.30. The molecule has 1 aliphatic heterocycles. The predicted octanol–water partition coefficient (Wildman–Crippen LogP) is 2.39. The van der Waals surface area contributed by atoms with Crippen LogP contribution in [-0.2, 0) is 4.74 Å². The molecule has 1 aromatic carbocycles.